The summed E-state index contributed by atoms with van der Waals surface area (Å²) in [7, 11) is 3.04. The zero-order valence-corrected chi connectivity index (χ0v) is 23.5. The molecule has 1 unspecified atom stereocenters. The van der Waals surface area contributed by atoms with Gasteiger partial charge in [-0.2, -0.15) is 0 Å². The van der Waals surface area contributed by atoms with Gasteiger partial charge in [0.1, 0.15) is 11.5 Å². The van der Waals surface area contributed by atoms with E-state index in [1.54, 1.807) is 61.4 Å². The zero-order valence-electron chi connectivity index (χ0n) is 23.5. The Morgan fingerprint density at radius 3 is 2.39 bits per heavy atom. The predicted octanol–water partition coefficient (Wildman–Crippen LogP) is 5.80. The van der Waals surface area contributed by atoms with Gasteiger partial charge in [-0.3, -0.25) is 4.90 Å². The summed E-state index contributed by atoms with van der Waals surface area (Å²) in [6.07, 6.45) is 0.692. The lowest BCUT2D eigenvalue weighted by molar-refractivity contribution is -0.138. The number of methoxy groups -OCH3 is 2. The Hall–Kier alpha value is -4.99. The van der Waals surface area contributed by atoms with Gasteiger partial charge in [0.05, 0.1) is 43.8 Å². The van der Waals surface area contributed by atoms with Gasteiger partial charge in [0.25, 0.3) is 0 Å². The number of carbonyl (C=O) groups is 3. The second-order valence-corrected chi connectivity index (χ2v) is 9.15. The van der Waals surface area contributed by atoms with E-state index in [4.69, 9.17) is 14.2 Å². The van der Waals surface area contributed by atoms with Crippen LogP contribution in [0.15, 0.2) is 78.4 Å². The Morgan fingerprint density at radius 2 is 1.71 bits per heavy atom. The van der Waals surface area contributed by atoms with Crippen LogP contribution in [-0.2, 0) is 9.53 Å². The molecule has 10 heteroatoms. The third kappa shape index (κ3) is 6.60. The lowest BCUT2D eigenvalue weighted by atomic mass is 9.91. The molecule has 3 aromatic carbocycles. The SMILES string of the molecule is CCCN1C(=O)NC(c2cccc(NC(=O)Nc3ccc(OC)cc3OC)c2)C(C(=O)OCC)=C1c1ccccc1. The van der Waals surface area contributed by atoms with E-state index >= 15 is 0 Å². The molecule has 41 heavy (non-hydrogen) atoms. The Labute approximate surface area is 239 Å². The summed E-state index contributed by atoms with van der Waals surface area (Å²) < 4.78 is 16.0. The number of ether oxygens (including phenoxy) is 3. The van der Waals surface area contributed by atoms with Crippen molar-refractivity contribution in [2.45, 2.75) is 26.3 Å². The van der Waals surface area contributed by atoms with Crippen molar-refractivity contribution < 1.29 is 28.6 Å². The first-order valence-electron chi connectivity index (χ1n) is 13.3. The fourth-order valence-electron chi connectivity index (χ4n) is 4.66. The summed E-state index contributed by atoms with van der Waals surface area (Å²) >= 11 is 0. The molecule has 10 nitrogen and oxygen atoms in total. The smallest absolute Gasteiger partial charge is 0.338 e. The monoisotopic (exact) mass is 558 g/mol. The van der Waals surface area contributed by atoms with Crippen LogP contribution < -0.4 is 25.4 Å². The molecule has 4 amide bonds. The van der Waals surface area contributed by atoms with E-state index in [2.05, 4.69) is 16.0 Å². The first kappa shape index (κ1) is 29.0. The molecule has 1 aliphatic rings. The fraction of sp³-hybridized carbons (Fsp3) is 0.258. The molecule has 0 saturated carbocycles. The predicted molar refractivity (Wildman–Crippen MR) is 157 cm³/mol. The van der Waals surface area contributed by atoms with Crippen LogP contribution in [0.5, 0.6) is 11.5 Å². The molecule has 0 bridgehead atoms. The number of rotatable bonds is 10. The first-order chi connectivity index (χ1) is 19.9. The van der Waals surface area contributed by atoms with Crippen LogP contribution in [0.1, 0.15) is 37.4 Å². The van der Waals surface area contributed by atoms with Gasteiger partial charge in [-0.25, -0.2) is 14.4 Å². The second-order valence-electron chi connectivity index (χ2n) is 9.15. The summed E-state index contributed by atoms with van der Waals surface area (Å²) in [5, 5.41) is 8.55. The van der Waals surface area contributed by atoms with Crippen LogP contribution >= 0.6 is 0 Å². The summed E-state index contributed by atoms with van der Waals surface area (Å²) in [6.45, 7) is 4.30. The molecule has 3 N–H and O–H groups in total. The van der Waals surface area contributed by atoms with Crippen molar-refractivity contribution >= 4 is 35.1 Å². The molecule has 0 aromatic heterocycles. The average molecular weight is 559 g/mol. The standard InChI is InChI=1S/C31H34N4O6/c1-5-17-35-28(20-11-8-7-9-12-20)26(29(36)41-6-2)27(34-31(35)38)21-13-10-14-22(18-21)32-30(37)33-24-16-15-23(39-3)19-25(24)40-4/h7-16,18-19,27H,5-6,17H2,1-4H3,(H,34,38)(H2,32,33,37). The highest BCUT2D eigenvalue weighted by Gasteiger charge is 2.38. The van der Waals surface area contributed by atoms with Crippen LogP contribution in [0.2, 0.25) is 0 Å². The maximum Gasteiger partial charge on any atom is 0.338 e. The molecule has 4 rings (SSSR count). The number of nitrogens with zero attached hydrogens (tertiary/aromatic N) is 1. The molecule has 1 aliphatic heterocycles. The molecule has 1 atom stereocenters. The van der Waals surface area contributed by atoms with Crippen LogP contribution in [0, 0.1) is 0 Å². The molecule has 3 aromatic rings. The van der Waals surface area contributed by atoms with Crippen molar-refractivity contribution in [2.75, 3.05) is 38.0 Å². The fourth-order valence-corrected chi connectivity index (χ4v) is 4.66. The van der Waals surface area contributed by atoms with Gasteiger partial charge < -0.3 is 30.2 Å². The quantitative estimate of drug-likeness (QED) is 0.271. The van der Waals surface area contributed by atoms with E-state index in [9.17, 15) is 14.4 Å². The first-order valence-corrected chi connectivity index (χ1v) is 13.3. The van der Waals surface area contributed by atoms with Crippen molar-refractivity contribution in [3.8, 4) is 11.5 Å². The van der Waals surface area contributed by atoms with E-state index in [1.807, 2.05) is 37.3 Å². The average Bonchev–Trinajstić information content (AvgIpc) is 2.98. The Balaban J connectivity index is 1.69. The summed E-state index contributed by atoms with van der Waals surface area (Å²) in [6, 6.07) is 19.7. The number of carbonyl (C=O) groups excluding carboxylic acids is 3. The van der Waals surface area contributed by atoms with Crippen molar-refractivity contribution in [2.24, 2.45) is 0 Å². The van der Waals surface area contributed by atoms with E-state index < -0.39 is 18.0 Å². The van der Waals surface area contributed by atoms with Crippen LogP contribution in [0.3, 0.4) is 0 Å². The van der Waals surface area contributed by atoms with Crippen LogP contribution in [-0.4, -0.2) is 50.3 Å². The number of benzene rings is 3. The van der Waals surface area contributed by atoms with Gasteiger partial charge in [-0.1, -0.05) is 49.4 Å². The molecule has 0 saturated heterocycles. The highest BCUT2D eigenvalue weighted by Crippen LogP contribution is 2.37. The maximum absolute atomic E-state index is 13.4. The molecular weight excluding hydrogens is 524 g/mol. The van der Waals surface area contributed by atoms with E-state index in [1.165, 1.54) is 7.11 Å². The minimum atomic E-state index is -0.809. The molecule has 0 spiro atoms. The third-order valence-corrected chi connectivity index (χ3v) is 6.45. The molecule has 0 fully saturated rings. The summed E-state index contributed by atoms with van der Waals surface area (Å²) in [5.74, 6) is 0.500. The highest BCUT2D eigenvalue weighted by atomic mass is 16.5. The summed E-state index contributed by atoms with van der Waals surface area (Å²) in [4.78, 5) is 41.3. The largest absolute Gasteiger partial charge is 0.497 e. The van der Waals surface area contributed by atoms with Crippen LogP contribution in [0.25, 0.3) is 5.70 Å². The molecule has 0 radical (unpaired) electrons. The van der Waals surface area contributed by atoms with Crippen molar-refractivity contribution in [1.29, 1.82) is 0 Å². The van der Waals surface area contributed by atoms with Crippen molar-refractivity contribution in [3.63, 3.8) is 0 Å². The molecule has 214 valence electrons. The Bertz CT molecular complexity index is 1440. The van der Waals surface area contributed by atoms with Crippen molar-refractivity contribution in [3.05, 3.63) is 89.5 Å². The van der Waals surface area contributed by atoms with E-state index in [0.717, 1.165) is 5.56 Å². The van der Waals surface area contributed by atoms with Crippen LogP contribution in [0.4, 0.5) is 21.0 Å². The topological polar surface area (TPSA) is 118 Å². The lowest BCUT2D eigenvalue weighted by Crippen LogP contribution is -2.48. The number of esters is 1. The number of urea groups is 2. The minimum Gasteiger partial charge on any atom is -0.497 e. The minimum absolute atomic E-state index is 0.176. The van der Waals surface area contributed by atoms with Gasteiger partial charge in [0.2, 0.25) is 0 Å². The molecule has 1 heterocycles. The van der Waals surface area contributed by atoms with Crippen molar-refractivity contribution in [1.82, 2.24) is 10.2 Å². The van der Waals surface area contributed by atoms with Gasteiger partial charge in [0.15, 0.2) is 0 Å². The number of nitrogens with one attached hydrogen (secondary N) is 3. The number of hydrogen-bond donors (Lipinski definition) is 3. The highest BCUT2D eigenvalue weighted by molar-refractivity contribution is 6.05. The maximum atomic E-state index is 13.4. The Kier molecular flexibility index (Phi) is 9.47. The zero-order chi connectivity index (χ0) is 29.4. The normalized spacial score (nSPS) is 14.7. The van der Waals surface area contributed by atoms with E-state index in [0.29, 0.717) is 52.7 Å². The van der Waals surface area contributed by atoms with Gasteiger partial charge in [-0.15, -0.1) is 0 Å². The number of hydrogen-bond acceptors (Lipinski definition) is 6. The van der Waals surface area contributed by atoms with Gasteiger partial charge in [-0.05, 0) is 48.7 Å². The van der Waals surface area contributed by atoms with Gasteiger partial charge in [0, 0.05) is 18.3 Å². The summed E-state index contributed by atoms with van der Waals surface area (Å²) in [5.41, 5.74) is 3.06. The Morgan fingerprint density at radius 1 is 0.927 bits per heavy atom. The third-order valence-electron chi connectivity index (χ3n) is 6.45. The lowest BCUT2D eigenvalue weighted by Gasteiger charge is -2.37. The number of anilines is 2. The van der Waals surface area contributed by atoms with Gasteiger partial charge >= 0.3 is 18.0 Å². The number of amides is 4. The second kappa shape index (κ2) is 13.4. The molecule has 0 aliphatic carbocycles. The van der Waals surface area contributed by atoms with E-state index in [-0.39, 0.29) is 12.6 Å². The molecular formula is C31H34N4O6.